The van der Waals surface area contributed by atoms with Gasteiger partial charge in [0.15, 0.2) is 0 Å². The van der Waals surface area contributed by atoms with Crippen LogP contribution in [0.3, 0.4) is 0 Å². The second-order valence-corrected chi connectivity index (χ2v) is 14.2. The van der Waals surface area contributed by atoms with E-state index in [1.54, 1.807) is 0 Å². The Kier molecular flexibility index (Phi) is 14.8. The number of benzene rings is 3. The molecule has 3 aliphatic carbocycles. The number of carbonyl (C=O) groups excluding carboxylic acids is 3. The third-order valence-electron chi connectivity index (χ3n) is 6.92. The summed E-state index contributed by atoms with van der Waals surface area (Å²) in [6.45, 7) is 0. The summed E-state index contributed by atoms with van der Waals surface area (Å²) in [4.78, 5) is 32.6. The Balaban J connectivity index is 0.000000270. The molecule has 3 aromatic carbocycles. The van der Waals surface area contributed by atoms with E-state index in [2.05, 4.69) is 15.5 Å². The van der Waals surface area contributed by atoms with E-state index in [1.807, 2.05) is 0 Å². The maximum atomic E-state index is 11.3. The van der Waals surface area contributed by atoms with Crippen LogP contribution in [0.25, 0.3) is 18.2 Å². The van der Waals surface area contributed by atoms with Crippen molar-refractivity contribution in [3.8, 4) is 0 Å². The summed E-state index contributed by atoms with van der Waals surface area (Å²) in [5.74, 6) is -1.65. The van der Waals surface area contributed by atoms with Crippen LogP contribution in [0.1, 0.15) is 33.4 Å². The van der Waals surface area contributed by atoms with Gasteiger partial charge in [-0.3, -0.25) is 14.4 Å². The number of rotatable bonds is 3. The Hall–Kier alpha value is -4.45. The van der Waals surface area contributed by atoms with Gasteiger partial charge >= 0.3 is 46.6 Å². The van der Waals surface area contributed by atoms with E-state index in [1.165, 1.54) is 36.4 Å². The molecule has 23 heteroatoms. The van der Waals surface area contributed by atoms with Crippen molar-refractivity contribution in [3.05, 3.63) is 122 Å². The minimum atomic E-state index is -4.56. The first kappa shape index (κ1) is 44.7. The second-order valence-electron chi connectivity index (χ2n) is 10.0. The second kappa shape index (κ2) is 17.6. The van der Waals surface area contributed by atoms with Gasteiger partial charge in [-0.05, 0) is 71.3 Å². The molecule has 0 bridgehead atoms. The number of ketones is 3. The molecule has 18 nitrogen and oxygen atoms in total. The zero-order chi connectivity index (χ0) is 37.9. The Morgan fingerprint density at radius 2 is 0.642 bits per heavy atom. The minimum Gasteiger partial charge on any atom is -0.791 e. The monoisotopic (exact) mass is 832 g/mol. The smallest absolute Gasteiger partial charge is 0.791 e. The molecule has 0 fully saturated rings. The van der Waals surface area contributed by atoms with E-state index in [-0.39, 0.29) is 80.5 Å². The Morgan fingerprint density at radius 3 is 0.830 bits per heavy atom. The van der Waals surface area contributed by atoms with Crippen molar-refractivity contribution in [1.82, 2.24) is 0 Å². The zero-order valence-electron chi connectivity index (χ0n) is 26.2. The van der Waals surface area contributed by atoms with Gasteiger partial charge in [-0.1, -0.05) is 36.4 Å². The first-order valence-corrected chi connectivity index (χ1v) is 17.6. The Labute approximate surface area is 332 Å². The summed E-state index contributed by atoms with van der Waals surface area (Å²) >= 11 is 0. The average Bonchev–Trinajstić information content (AvgIpc) is 3.07. The molecule has 0 unspecified atom stereocenters. The third kappa shape index (κ3) is 10.4. The van der Waals surface area contributed by atoms with Crippen LogP contribution in [0.4, 0.5) is 0 Å². The zero-order valence-corrected chi connectivity index (χ0v) is 31.8. The third-order valence-corrected chi connectivity index (χ3v) is 9.41. The maximum absolute atomic E-state index is 11.3. The van der Waals surface area contributed by atoms with Gasteiger partial charge in [0.2, 0.25) is 17.3 Å². The van der Waals surface area contributed by atoms with Crippen LogP contribution < -0.4 is 29.6 Å². The largest absolute Gasteiger partial charge is 3.00 e. The molecule has 53 heavy (non-hydrogen) atoms. The standard InChI is InChI=1S/3C10H7NO5S.Fe.Na/c3*12-9-4-1-6-5-7(17(14,15)16)2-3-8(6)10(9)11-13;;/h3*1-5,13H,(H,14,15,16);;/q;;;+3;+1/p-6/b3*11-10+;;. The first-order valence-electron chi connectivity index (χ1n) is 13.4. The van der Waals surface area contributed by atoms with E-state index < -0.39 is 62.4 Å². The van der Waals surface area contributed by atoms with Crippen molar-refractivity contribution in [2.45, 2.75) is 14.7 Å². The van der Waals surface area contributed by atoms with Gasteiger partial charge in [0.25, 0.3) is 0 Å². The summed E-state index contributed by atoms with van der Waals surface area (Å²) in [5.41, 5.74) is 0.690. The molecular formula is C30H15FeN3NaO15S3-2. The van der Waals surface area contributed by atoms with Gasteiger partial charge < -0.3 is 44.7 Å². The summed E-state index contributed by atoms with van der Waals surface area (Å²) in [7, 11) is -13.7. The fourth-order valence-electron chi connectivity index (χ4n) is 4.56. The number of hydrogen-bond donors (Lipinski definition) is 0. The summed E-state index contributed by atoms with van der Waals surface area (Å²) in [6.07, 6.45) is 7.30. The molecule has 3 aromatic rings. The number of carbonyl (C=O) groups is 3. The van der Waals surface area contributed by atoms with Crippen molar-refractivity contribution >= 4 is 83.1 Å². The van der Waals surface area contributed by atoms with E-state index in [0.717, 1.165) is 54.6 Å². The molecule has 3 aliphatic rings. The molecule has 1 radical (unpaired) electrons. The molecule has 0 aromatic heterocycles. The van der Waals surface area contributed by atoms with Crippen LogP contribution in [0.2, 0.25) is 0 Å². The quantitative estimate of drug-likeness (QED) is 0.163. The summed E-state index contributed by atoms with van der Waals surface area (Å²) in [5, 5.41) is 39.3. The summed E-state index contributed by atoms with van der Waals surface area (Å²) in [6, 6.07) is 10.1. The van der Waals surface area contributed by atoms with E-state index in [9.17, 15) is 68.9 Å². The van der Waals surface area contributed by atoms with Crippen molar-refractivity contribution in [3.63, 3.8) is 0 Å². The fraction of sp³-hybridized carbons (Fsp3) is 0. The molecule has 0 heterocycles. The number of allylic oxidation sites excluding steroid dienone is 3. The normalized spacial score (nSPS) is 16.6. The topological polar surface area (TPSA) is 329 Å². The number of fused-ring (bicyclic) bond motifs is 3. The van der Waals surface area contributed by atoms with Crippen LogP contribution in [0, 0.1) is 15.6 Å². The Morgan fingerprint density at radius 1 is 0.415 bits per heavy atom. The fourth-order valence-corrected chi connectivity index (χ4v) is 6.08. The maximum Gasteiger partial charge on any atom is 3.00 e. The molecule has 0 N–H and O–H groups in total. The van der Waals surface area contributed by atoms with Crippen LogP contribution in [0.15, 0.2) is 103 Å². The van der Waals surface area contributed by atoms with E-state index in [0.29, 0.717) is 16.7 Å². The molecule has 0 aliphatic heterocycles. The molecular weight excluding hydrogens is 817 g/mol. The van der Waals surface area contributed by atoms with Gasteiger partial charge in [-0.15, -0.1) is 0 Å². The average molecular weight is 832 g/mol. The van der Waals surface area contributed by atoms with E-state index >= 15 is 0 Å². The van der Waals surface area contributed by atoms with Gasteiger partial charge in [-0.2, -0.15) is 0 Å². The van der Waals surface area contributed by atoms with Crippen molar-refractivity contribution in [2.75, 3.05) is 0 Å². The predicted molar refractivity (Wildman–Crippen MR) is 175 cm³/mol. The molecule has 0 saturated heterocycles. The molecule has 269 valence electrons. The van der Waals surface area contributed by atoms with Crippen molar-refractivity contribution in [2.24, 2.45) is 15.5 Å². The number of nitrogens with zero attached hydrogens (tertiary/aromatic N) is 3. The molecule has 0 saturated carbocycles. The van der Waals surface area contributed by atoms with Crippen LogP contribution >= 0.6 is 0 Å². The predicted octanol–water partition coefficient (Wildman–Crippen LogP) is -1.58. The molecule has 0 atom stereocenters. The van der Waals surface area contributed by atoms with Gasteiger partial charge in [0, 0.05) is 16.7 Å². The minimum absolute atomic E-state index is 0. The van der Waals surface area contributed by atoms with Crippen LogP contribution in [0.5, 0.6) is 0 Å². The van der Waals surface area contributed by atoms with Gasteiger partial charge in [0.05, 0.1) is 14.7 Å². The molecule has 0 amide bonds. The molecule has 6 rings (SSSR count). The summed E-state index contributed by atoms with van der Waals surface area (Å²) < 4.78 is 97.2. The van der Waals surface area contributed by atoms with Crippen molar-refractivity contribution in [1.29, 1.82) is 0 Å². The van der Waals surface area contributed by atoms with Crippen LogP contribution in [-0.4, -0.2) is 73.4 Å². The number of hydrogen-bond acceptors (Lipinski definition) is 18. The van der Waals surface area contributed by atoms with Crippen LogP contribution in [-0.2, 0) is 61.8 Å². The van der Waals surface area contributed by atoms with E-state index in [4.69, 9.17) is 0 Å². The van der Waals surface area contributed by atoms with Gasteiger partial charge in [0.1, 0.15) is 47.5 Å². The SMILES string of the molecule is O=C1C=Cc2cc(S(=O)(=O)[O-])ccc2/C1=N\[O-].O=C1C=Cc2cc(S(=O)(=O)[O-])ccc2/C1=N\[O-].O=C1C=Cc2cc(S(=O)(=O)[O-])ccc2/C1=N\[O-].[Fe+3].[Na+]. The Bertz CT molecular complexity index is 2270. The van der Waals surface area contributed by atoms with Crippen molar-refractivity contribution < 1.29 is 99.9 Å². The van der Waals surface area contributed by atoms with Gasteiger partial charge in [-0.25, -0.2) is 25.3 Å². The first-order chi connectivity index (χ1) is 23.8. The molecule has 0 spiro atoms.